The largest absolute Gasteiger partial charge is 0.322 e. The first-order valence-electron chi connectivity index (χ1n) is 6.23. The average molecular weight is 336 g/mol. The van der Waals surface area contributed by atoms with Crippen molar-refractivity contribution in [3.63, 3.8) is 0 Å². The molecule has 20 heavy (non-hydrogen) atoms. The zero-order valence-corrected chi connectivity index (χ0v) is 13.1. The molecule has 0 aliphatic heterocycles. The van der Waals surface area contributed by atoms with Gasteiger partial charge in [-0.05, 0) is 65.5 Å². The molecule has 0 saturated carbocycles. The third-order valence-electron chi connectivity index (χ3n) is 3.22. The average Bonchev–Trinajstić information content (AvgIpc) is 2.35. The fourth-order valence-corrected chi connectivity index (χ4v) is 2.48. The van der Waals surface area contributed by atoms with Crippen molar-refractivity contribution < 1.29 is 9.18 Å². The van der Waals surface area contributed by atoms with Crippen LogP contribution in [0.1, 0.15) is 27.0 Å². The van der Waals surface area contributed by atoms with Crippen LogP contribution < -0.4 is 5.32 Å². The number of carbonyl (C=O) groups excluding carboxylic acids is 1. The first-order valence-corrected chi connectivity index (χ1v) is 7.02. The van der Waals surface area contributed by atoms with Crippen LogP contribution in [-0.4, -0.2) is 5.91 Å². The maximum absolute atomic E-state index is 13.4. The van der Waals surface area contributed by atoms with Gasteiger partial charge < -0.3 is 5.32 Å². The predicted molar refractivity (Wildman–Crippen MR) is 82.7 cm³/mol. The summed E-state index contributed by atoms with van der Waals surface area (Å²) in [6, 6.07) is 8.69. The highest BCUT2D eigenvalue weighted by molar-refractivity contribution is 9.10. The number of carbonyl (C=O) groups is 1. The normalized spacial score (nSPS) is 10.4. The number of amides is 1. The molecule has 0 radical (unpaired) electrons. The number of aryl methyl sites for hydroxylation is 3. The number of hydrogen-bond acceptors (Lipinski definition) is 1. The van der Waals surface area contributed by atoms with Crippen molar-refractivity contribution in [2.45, 2.75) is 20.8 Å². The number of halogens is 2. The summed E-state index contributed by atoms with van der Waals surface area (Å²) in [6.07, 6.45) is 0. The molecule has 0 spiro atoms. The zero-order chi connectivity index (χ0) is 14.9. The van der Waals surface area contributed by atoms with E-state index in [0.29, 0.717) is 21.3 Å². The fraction of sp³-hybridized carbons (Fsp3) is 0.188. The Morgan fingerprint density at radius 1 is 1.10 bits per heavy atom. The van der Waals surface area contributed by atoms with Crippen LogP contribution in [0.2, 0.25) is 0 Å². The minimum atomic E-state index is -0.340. The van der Waals surface area contributed by atoms with Crippen LogP contribution in [0.5, 0.6) is 0 Å². The number of benzene rings is 2. The van der Waals surface area contributed by atoms with Gasteiger partial charge in [-0.1, -0.05) is 18.2 Å². The Morgan fingerprint density at radius 2 is 1.70 bits per heavy atom. The quantitative estimate of drug-likeness (QED) is 0.841. The molecule has 2 rings (SSSR count). The lowest BCUT2D eigenvalue weighted by Gasteiger charge is -2.12. The van der Waals surface area contributed by atoms with Gasteiger partial charge in [-0.15, -0.1) is 0 Å². The van der Waals surface area contributed by atoms with Gasteiger partial charge in [0, 0.05) is 11.3 Å². The van der Waals surface area contributed by atoms with Crippen LogP contribution in [0.4, 0.5) is 10.1 Å². The Hall–Kier alpha value is -1.68. The maximum atomic E-state index is 13.4. The molecule has 0 atom stereocenters. The van der Waals surface area contributed by atoms with Gasteiger partial charge in [0.2, 0.25) is 0 Å². The number of rotatable bonds is 2. The standard InChI is InChI=1S/C16H15BrFNO/c1-9-5-4-6-10(2)15(9)16(20)19-14-8-12(17)13(18)7-11(14)3/h4-8H,1-3H3,(H,19,20). The van der Waals surface area contributed by atoms with E-state index in [1.165, 1.54) is 6.07 Å². The van der Waals surface area contributed by atoms with Crippen molar-refractivity contribution in [3.8, 4) is 0 Å². The van der Waals surface area contributed by atoms with Crippen LogP contribution >= 0.6 is 15.9 Å². The second kappa shape index (κ2) is 5.75. The SMILES string of the molecule is Cc1cc(F)c(Br)cc1NC(=O)c1c(C)cccc1C. The minimum absolute atomic E-state index is 0.179. The molecule has 1 amide bonds. The summed E-state index contributed by atoms with van der Waals surface area (Å²) in [5.74, 6) is -0.519. The van der Waals surface area contributed by atoms with Crippen LogP contribution in [0.25, 0.3) is 0 Å². The number of hydrogen-bond donors (Lipinski definition) is 1. The van der Waals surface area contributed by atoms with Crippen molar-refractivity contribution in [3.05, 3.63) is 62.9 Å². The van der Waals surface area contributed by atoms with Crippen molar-refractivity contribution >= 4 is 27.5 Å². The van der Waals surface area contributed by atoms with Gasteiger partial charge in [0.1, 0.15) is 5.82 Å². The summed E-state index contributed by atoms with van der Waals surface area (Å²) in [6.45, 7) is 5.56. The lowest BCUT2D eigenvalue weighted by atomic mass is 10.0. The van der Waals surface area contributed by atoms with Gasteiger partial charge >= 0.3 is 0 Å². The number of nitrogens with one attached hydrogen (secondary N) is 1. The molecule has 2 nitrogen and oxygen atoms in total. The molecule has 104 valence electrons. The first-order chi connectivity index (χ1) is 9.40. The zero-order valence-electron chi connectivity index (χ0n) is 11.6. The monoisotopic (exact) mass is 335 g/mol. The highest BCUT2D eigenvalue weighted by Gasteiger charge is 2.14. The summed E-state index contributed by atoms with van der Waals surface area (Å²) in [5, 5.41) is 2.84. The smallest absolute Gasteiger partial charge is 0.256 e. The summed E-state index contributed by atoms with van der Waals surface area (Å²) < 4.78 is 13.7. The van der Waals surface area contributed by atoms with Crippen molar-refractivity contribution in [2.24, 2.45) is 0 Å². The van der Waals surface area contributed by atoms with Crippen LogP contribution in [-0.2, 0) is 0 Å². The van der Waals surface area contributed by atoms with Crippen molar-refractivity contribution in [1.82, 2.24) is 0 Å². The van der Waals surface area contributed by atoms with E-state index in [1.54, 1.807) is 13.0 Å². The van der Waals surface area contributed by atoms with Crippen molar-refractivity contribution in [2.75, 3.05) is 5.32 Å². The van der Waals surface area contributed by atoms with Gasteiger partial charge in [0.25, 0.3) is 5.91 Å². The van der Waals surface area contributed by atoms with E-state index in [-0.39, 0.29) is 11.7 Å². The second-order valence-electron chi connectivity index (χ2n) is 4.80. The Kier molecular flexibility index (Phi) is 4.23. The van der Waals surface area contributed by atoms with Crippen LogP contribution in [0.3, 0.4) is 0 Å². The molecule has 0 unspecified atom stereocenters. The number of anilines is 1. The van der Waals surface area contributed by atoms with Gasteiger partial charge in [0.05, 0.1) is 4.47 Å². The highest BCUT2D eigenvalue weighted by Crippen LogP contribution is 2.25. The van der Waals surface area contributed by atoms with Gasteiger partial charge in [-0.3, -0.25) is 4.79 Å². The Labute approximate surface area is 126 Å². The molecule has 0 heterocycles. The minimum Gasteiger partial charge on any atom is -0.322 e. The molecule has 4 heteroatoms. The lowest BCUT2D eigenvalue weighted by molar-refractivity contribution is 0.102. The maximum Gasteiger partial charge on any atom is 0.256 e. The predicted octanol–water partition coefficient (Wildman–Crippen LogP) is 4.77. The molecule has 0 bridgehead atoms. The molecule has 0 saturated heterocycles. The topological polar surface area (TPSA) is 29.1 Å². The van der Waals surface area contributed by atoms with Gasteiger partial charge in [0.15, 0.2) is 0 Å². The lowest BCUT2D eigenvalue weighted by Crippen LogP contribution is -2.15. The fourth-order valence-electron chi connectivity index (χ4n) is 2.14. The van der Waals surface area contributed by atoms with E-state index in [2.05, 4.69) is 21.2 Å². The van der Waals surface area contributed by atoms with E-state index >= 15 is 0 Å². The molecular formula is C16H15BrFNO. The molecule has 0 aliphatic rings. The highest BCUT2D eigenvalue weighted by atomic mass is 79.9. The van der Waals surface area contributed by atoms with Crippen LogP contribution in [0.15, 0.2) is 34.8 Å². The third-order valence-corrected chi connectivity index (χ3v) is 3.83. The first kappa shape index (κ1) is 14.7. The molecule has 2 aromatic rings. The van der Waals surface area contributed by atoms with Crippen LogP contribution in [0, 0.1) is 26.6 Å². The van der Waals surface area contributed by atoms with Gasteiger partial charge in [-0.2, -0.15) is 0 Å². The van der Waals surface area contributed by atoms with E-state index in [1.807, 2.05) is 32.0 Å². The molecule has 0 aromatic heterocycles. The van der Waals surface area contributed by atoms with E-state index in [4.69, 9.17) is 0 Å². The van der Waals surface area contributed by atoms with E-state index in [9.17, 15) is 9.18 Å². The van der Waals surface area contributed by atoms with E-state index in [0.717, 1.165) is 11.1 Å². The van der Waals surface area contributed by atoms with E-state index < -0.39 is 0 Å². The molecular weight excluding hydrogens is 321 g/mol. The second-order valence-corrected chi connectivity index (χ2v) is 5.66. The molecule has 0 aliphatic carbocycles. The van der Waals surface area contributed by atoms with Crippen molar-refractivity contribution in [1.29, 1.82) is 0 Å². The Morgan fingerprint density at radius 3 is 2.30 bits per heavy atom. The molecule has 0 fully saturated rings. The summed E-state index contributed by atoms with van der Waals surface area (Å²) >= 11 is 3.13. The summed E-state index contributed by atoms with van der Waals surface area (Å²) in [4.78, 5) is 12.4. The Bertz CT molecular complexity index is 662. The Balaban J connectivity index is 2.35. The molecule has 1 N–H and O–H groups in total. The summed E-state index contributed by atoms with van der Waals surface area (Å²) in [5.41, 5.74) is 3.78. The molecule has 2 aromatic carbocycles. The van der Waals surface area contributed by atoms with Gasteiger partial charge in [-0.25, -0.2) is 4.39 Å². The summed E-state index contributed by atoms with van der Waals surface area (Å²) in [7, 11) is 0. The third kappa shape index (κ3) is 2.90.